The van der Waals surface area contributed by atoms with Crippen molar-refractivity contribution < 1.29 is 10.2 Å². The van der Waals surface area contributed by atoms with Crippen molar-refractivity contribution in [2.45, 2.75) is 18.7 Å². The Hall–Kier alpha value is -0.940. The van der Waals surface area contributed by atoms with Gasteiger partial charge in [0.1, 0.15) is 0 Å². The first kappa shape index (κ1) is 13.5. The Morgan fingerprint density at radius 1 is 1.28 bits per heavy atom. The van der Waals surface area contributed by atoms with E-state index in [1.807, 2.05) is 30.1 Å². The third-order valence-corrected chi connectivity index (χ3v) is 3.60. The molecular weight excluding hydrogens is 228 g/mol. The summed E-state index contributed by atoms with van der Waals surface area (Å²) in [7, 11) is 1.95. The Labute approximate surface area is 108 Å². The standard InChI is InChI=1S/C14H22N2O2/c1-15(7-8-17)13-10-16(11-14(13)18)9-12-5-3-2-4-6-12/h2-6,13-14,17-18H,7-11H2,1H3/t13-,14-/m1/s1. The maximum Gasteiger partial charge on any atom is 0.0834 e. The van der Waals surface area contributed by atoms with Crippen LogP contribution in [0.3, 0.4) is 0 Å². The van der Waals surface area contributed by atoms with Gasteiger partial charge in [0.25, 0.3) is 0 Å². The zero-order valence-electron chi connectivity index (χ0n) is 10.9. The number of aliphatic hydroxyl groups excluding tert-OH is 2. The van der Waals surface area contributed by atoms with Gasteiger partial charge in [0, 0.05) is 32.2 Å². The third-order valence-electron chi connectivity index (χ3n) is 3.60. The molecule has 0 saturated carbocycles. The molecule has 18 heavy (non-hydrogen) atoms. The molecule has 2 rings (SSSR count). The van der Waals surface area contributed by atoms with Gasteiger partial charge >= 0.3 is 0 Å². The fourth-order valence-electron chi connectivity index (χ4n) is 2.57. The minimum atomic E-state index is -0.328. The van der Waals surface area contributed by atoms with Gasteiger partial charge in [0.05, 0.1) is 12.7 Å². The van der Waals surface area contributed by atoms with E-state index in [2.05, 4.69) is 17.0 Å². The van der Waals surface area contributed by atoms with Crippen LogP contribution >= 0.6 is 0 Å². The molecule has 0 radical (unpaired) electrons. The monoisotopic (exact) mass is 250 g/mol. The molecule has 0 spiro atoms. The molecule has 4 heteroatoms. The molecule has 1 aliphatic rings. The molecule has 2 atom stereocenters. The molecular formula is C14H22N2O2. The molecule has 0 unspecified atom stereocenters. The Bertz CT molecular complexity index is 358. The average Bonchev–Trinajstić information content (AvgIpc) is 2.72. The lowest BCUT2D eigenvalue weighted by Crippen LogP contribution is -2.42. The molecule has 100 valence electrons. The summed E-state index contributed by atoms with van der Waals surface area (Å²) in [6, 6.07) is 10.4. The first-order chi connectivity index (χ1) is 8.70. The van der Waals surface area contributed by atoms with Crippen molar-refractivity contribution in [3.05, 3.63) is 35.9 Å². The number of hydrogen-bond acceptors (Lipinski definition) is 4. The van der Waals surface area contributed by atoms with E-state index in [4.69, 9.17) is 5.11 Å². The summed E-state index contributed by atoms with van der Waals surface area (Å²) >= 11 is 0. The van der Waals surface area contributed by atoms with Crippen LogP contribution in [0.2, 0.25) is 0 Å². The molecule has 1 aromatic rings. The lowest BCUT2D eigenvalue weighted by atomic mass is 10.2. The van der Waals surface area contributed by atoms with Crippen LogP contribution in [0.25, 0.3) is 0 Å². The summed E-state index contributed by atoms with van der Waals surface area (Å²) in [5, 5.41) is 19.0. The molecule has 0 aliphatic carbocycles. The number of benzene rings is 1. The van der Waals surface area contributed by atoms with Crippen molar-refractivity contribution in [3.8, 4) is 0 Å². The van der Waals surface area contributed by atoms with Gasteiger partial charge in [-0.2, -0.15) is 0 Å². The number of hydrogen-bond donors (Lipinski definition) is 2. The summed E-state index contributed by atoms with van der Waals surface area (Å²) < 4.78 is 0. The minimum Gasteiger partial charge on any atom is -0.395 e. The van der Waals surface area contributed by atoms with Crippen LogP contribution in [0.4, 0.5) is 0 Å². The smallest absolute Gasteiger partial charge is 0.0834 e. The molecule has 1 fully saturated rings. The van der Waals surface area contributed by atoms with Gasteiger partial charge in [-0.05, 0) is 12.6 Å². The quantitative estimate of drug-likeness (QED) is 0.781. The van der Waals surface area contributed by atoms with Crippen molar-refractivity contribution in [1.29, 1.82) is 0 Å². The van der Waals surface area contributed by atoms with E-state index in [1.165, 1.54) is 5.56 Å². The highest BCUT2D eigenvalue weighted by atomic mass is 16.3. The summed E-state index contributed by atoms with van der Waals surface area (Å²) in [5.41, 5.74) is 1.27. The fourth-order valence-corrected chi connectivity index (χ4v) is 2.57. The van der Waals surface area contributed by atoms with Crippen LogP contribution in [-0.2, 0) is 6.54 Å². The maximum atomic E-state index is 10.1. The van der Waals surface area contributed by atoms with Gasteiger partial charge in [-0.1, -0.05) is 30.3 Å². The first-order valence-electron chi connectivity index (χ1n) is 6.46. The second-order valence-electron chi connectivity index (χ2n) is 5.02. The molecule has 1 aliphatic heterocycles. The van der Waals surface area contributed by atoms with Gasteiger partial charge in [-0.3, -0.25) is 9.80 Å². The van der Waals surface area contributed by atoms with E-state index in [1.54, 1.807) is 0 Å². The maximum absolute atomic E-state index is 10.1. The molecule has 2 N–H and O–H groups in total. The van der Waals surface area contributed by atoms with E-state index in [9.17, 15) is 5.11 Å². The van der Waals surface area contributed by atoms with Crippen LogP contribution in [0.5, 0.6) is 0 Å². The third kappa shape index (κ3) is 3.29. The zero-order valence-corrected chi connectivity index (χ0v) is 10.9. The lowest BCUT2D eigenvalue weighted by molar-refractivity contribution is 0.0872. The van der Waals surface area contributed by atoms with Crippen LogP contribution in [0.15, 0.2) is 30.3 Å². The summed E-state index contributed by atoms with van der Waals surface area (Å²) in [5.74, 6) is 0. The number of likely N-dealkylation sites (tertiary alicyclic amines) is 1. The molecule has 0 amide bonds. The Balaban J connectivity index is 1.90. The van der Waals surface area contributed by atoms with Gasteiger partial charge in [0.2, 0.25) is 0 Å². The topological polar surface area (TPSA) is 46.9 Å². The number of aliphatic hydroxyl groups is 2. The number of rotatable bonds is 5. The molecule has 0 aromatic heterocycles. The second kappa shape index (κ2) is 6.29. The van der Waals surface area contributed by atoms with Crippen molar-refractivity contribution in [2.75, 3.05) is 33.3 Å². The number of β-amino-alcohol motifs (C(OH)–C–C–N with tert-alkyl or cyclic N) is 1. The predicted octanol–water partition coefficient (Wildman–Crippen LogP) is 0.156. The van der Waals surface area contributed by atoms with Crippen LogP contribution in [0.1, 0.15) is 5.56 Å². The number of nitrogens with zero attached hydrogens (tertiary/aromatic N) is 2. The number of likely N-dealkylation sites (N-methyl/N-ethyl adjacent to an activating group) is 1. The van der Waals surface area contributed by atoms with Crippen molar-refractivity contribution in [2.24, 2.45) is 0 Å². The van der Waals surface area contributed by atoms with E-state index in [-0.39, 0.29) is 18.8 Å². The van der Waals surface area contributed by atoms with Gasteiger partial charge in [-0.15, -0.1) is 0 Å². The van der Waals surface area contributed by atoms with Crippen LogP contribution in [-0.4, -0.2) is 65.4 Å². The molecule has 1 heterocycles. The van der Waals surface area contributed by atoms with Crippen molar-refractivity contribution in [1.82, 2.24) is 9.80 Å². The first-order valence-corrected chi connectivity index (χ1v) is 6.46. The largest absolute Gasteiger partial charge is 0.395 e. The van der Waals surface area contributed by atoms with Gasteiger partial charge in [0.15, 0.2) is 0 Å². The van der Waals surface area contributed by atoms with E-state index >= 15 is 0 Å². The molecule has 4 nitrogen and oxygen atoms in total. The Morgan fingerprint density at radius 2 is 2.00 bits per heavy atom. The normalized spacial score (nSPS) is 24.9. The summed E-state index contributed by atoms with van der Waals surface area (Å²) in [4.78, 5) is 4.30. The van der Waals surface area contributed by atoms with Crippen molar-refractivity contribution >= 4 is 0 Å². The Morgan fingerprint density at radius 3 is 2.67 bits per heavy atom. The van der Waals surface area contributed by atoms with E-state index in [0.717, 1.165) is 13.1 Å². The van der Waals surface area contributed by atoms with Gasteiger partial charge in [-0.25, -0.2) is 0 Å². The van der Waals surface area contributed by atoms with Gasteiger partial charge < -0.3 is 10.2 Å². The molecule has 1 aromatic carbocycles. The van der Waals surface area contributed by atoms with Crippen molar-refractivity contribution in [3.63, 3.8) is 0 Å². The summed E-state index contributed by atoms with van der Waals surface area (Å²) in [6.07, 6.45) is -0.328. The Kier molecular flexibility index (Phi) is 4.72. The minimum absolute atomic E-state index is 0.126. The lowest BCUT2D eigenvalue weighted by Gasteiger charge is -2.25. The highest BCUT2D eigenvalue weighted by molar-refractivity contribution is 5.14. The van der Waals surface area contributed by atoms with Crippen LogP contribution in [0, 0.1) is 0 Å². The highest BCUT2D eigenvalue weighted by Crippen LogP contribution is 2.17. The SMILES string of the molecule is CN(CCO)[C@@H]1CN(Cc2ccccc2)C[C@H]1O. The zero-order chi connectivity index (χ0) is 13.0. The summed E-state index contributed by atoms with van der Waals surface area (Å²) in [6.45, 7) is 3.18. The average molecular weight is 250 g/mol. The van der Waals surface area contributed by atoms with E-state index < -0.39 is 0 Å². The van der Waals surface area contributed by atoms with E-state index in [0.29, 0.717) is 13.1 Å². The highest BCUT2D eigenvalue weighted by Gasteiger charge is 2.33. The molecule has 0 bridgehead atoms. The molecule has 1 saturated heterocycles. The van der Waals surface area contributed by atoms with Crippen LogP contribution < -0.4 is 0 Å². The fraction of sp³-hybridized carbons (Fsp3) is 0.571. The second-order valence-corrected chi connectivity index (χ2v) is 5.02. The predicted molar refractivity (Wildman–Crippen MR) is 71.2 cm³/mol.